The lowest BCUT2D eigenvalue weighted by Gasteiger charge is -2.31. The number of ether oxygens (including phenoxy) is 2. The molecule has 1 atom stereocenters. The van der Waals surface area contributed by atoms with Gasteiger partial charge in [-0.15, -0.1) is 0 Å². The smallest absolute Gasteiger partial charge is 0.449 e. The van der Waals surface area contributed by atoms with Crippen LogP contribution in [0, 0.1) is 17.5 Å². The maximum absolute atomic E-state index is 14.3. The first-order chi connectivity index (χ1) is 18.5. The summed E-state index contributed by atoms with van der Waals surface area (Å²) in [6.07, 6.45) is -6.79. The molecule has 9 nitrogen and oxygen atoms in total. The van der Waals surface area contributed by atoms with Gasteiger partial charge in [-0.05, 0) is 45.7 Å². The zero-order chi connectivity index (χ0) is 30.0. The second-order valence-electron chi connectivity index (χ2n) is 10.0. The van der Waals surface area contributed by atoms with E-state index in [4.69, 9.17) is 9.47 Å². The van der Waals surface area contributed by atoms with Crippen molar-refractivity contribution in [2.45, 2.75) is 71.4 Å². The number of benzene rings is 1. The van der Waals surface area contributed by atoms with E-state index in [1.54, 1.807) is 20.8 Å². The van der Waals surface area contributed by atoms with Crippen molar-refractivity contribution in [3.63, 3.8) is 0 Å². The molecular weight excluding hydrogens is 550 g/mol. The van der Waals surface area contributed by atoms with Crippen molar-refractivity contribution in [2.24, 2.45) is 0 Å². The van der Waals surface area contributed by atoms with Gasteiger partial charge in [-0.1, -0.05) is 0 Å². The van der Waals surface area contributed by atoms with Crippen LogP contribution in [0.1, 0.15) is 61.7 Å². The van der Waals surface area contributed by atoms with Crippen LogP contribution in [-0.4, -0.2) is 57.2 Å². The number of rotatable bonds is 7. The van der Waals surface area contributed by atoms with E-state index in [0.29, 0.717) is 12.1 Å². The summed E-state index contributed by atoms with van der Waals surface area (Å²) in [5, 5.41) is 2.41. The molecule has 0 saturated heterocycles. The Balaban J connectivity index is 1.86. The Labute approximate surface area is 225 Å². The highest BCUT2D eigenvalue weighted by Gasteiger charge is 2.42. The van der Waals surface area contributed by atoms with E-state index in [0.717, 1.165) is 9.47 Å². The van der Waals surface area contributed by atoms with Crippen LogP contribution in [0.25, 0.3) is 0 Å². The van der Waals surface area contributed by atoms with Gasteiger partial charge in [0, 0.05) is 31.6 Å². The van der Waals surface area contributed by atoms with E-state index < -0.39 is 84.1 Å². The number of nitrogens with zero attached hydrogens (tertiary/aromatic N) is 3. The number of aromatic nitrogens is 2. The molecule has 0 unspecified atom stereocenters. The van der Waals surface area contributed by atoms with Gasteiger partial charge in [0.05, 0.1) is 18.8 Å². The maximum Gasteiger partial charge on any atom is 0.449 e. The third-order valence-electron chi connectivity index (χ3n) is 5.78. The van der Waals surface area contributed by atoms with Crippen LogP contribution in [0.15, 0.2) is 12.1 Å². The van der Waals surface area contributed by atoms with Crippen LogP contribution in [0.2, 0.25) is 0 Å². The minimum atomic E-state index is -4.87. The van der Waals surface area contributed by atoms with Gasteiger partial charge in [0.1, 0.15) is 11.4 Å². The topological polar surface area (TPSA) is 103 Å². The number of hydrogen-bond donors (Lipinski definition) is 1. The molecule has 0 bridgehead atoms. The average molecular weight is 579 g/mol. The minimum Gasteiger partial charge on any atom is -0.461 e. The van der Waals surface area contributed by atoms with Gasteiger partial charge in [-0.25, -0.2) is 27.7 Å². The lowest BCUT2D eigenvalue weighted by molar-refractivity contribution is -0.148. The molecular formula is C25H28F6N4O5. The van der Waals surface area contributed by atoms with E-state index in [2.05, 4.69) is 10.3 Å². The van der Waals surface area contributed by atoms with Crippen molar-refractivity contribution in [3.8, 4) is 0 Å². The highest BCUT2D eigenvalue weighted by molar-refractivity contribution is 5.89. The molecule has 1 aliphatic heterocycles. The van der Waals surface area contributed by atoms with Crippen LogP contribution in [0.4, 0.5) is 31.1 Å². The van der Waals surface area contributed by atoms with Crippen LogP contribution < -0.4 is 5.32 Å². The predicted molar refractivity (Wildman–Crippen MR) is 126 cm³/mol. The van der Waals surface area contributed by atoms with Gasteiger partial charge in [0.2, 0.25) is 11.7 Å². The fourth-order valence-corrected chi connectivity index (χ4v) is 4.13. The standard InChI is InChI=1S/C25H28F6N4O5/c1-5-39-21(37)20-18-12-34(6-7-35(18)22(33-20)25(29,30)31)19(36)10-14(32-23(38)40-24(2,3)4)8-13-9-16(27)17(28)11-15(13)26/h9,11,14H,5-8,10,12H2,1-4H3,(H,32,38)/t14-/m1/s1. The van der Waals surface area contributed by atoms with Crippen LogP contribution in [0.3, 0.4) is 0 Å². The van der Waals surface area contributed by atoms with Crippen molar-refractivity contribution < 1.29 is 50.2 Å². The summed E-state index contributed by atoms with van der Waals surface area (Å²) >= 11 is 0. The number of alkyl halides is 3. The summed E-state index contributed by atoms with van der Waals surface area (Å²) in [6.45, 7) is 5.10. The molecule has 1 aromatic heterocycles. The van der Waals surface area contributed by atoms with Crippen molar-refractivity contribution in [1.82, 2.24) is 19.8 Å². The molecule has 1 aliphatic rings. The highest BCUT2D eigenvalue weighted by Crippen LogP contribution is 2.33. The highest BCUT2D eigenvalue weighted by atomic mass is 19.4. The van der Waals surface area contributed by atoms with E-state index in [1.165, 1.54) is 6.92 Å². The molecule has 15 heteroatoms. The zero-order valence-corrected chi connectivity index (χ0v) is 22.1. The van der Waals surface area contributed by atoms with E-state index in [9.17, 15) is 40.7 Å². The number of carbonyl (C=O) groups excluding carboxylic acids is 3. The van der Waals surface area contributed by atoms with Crippen LogP contribution in [0.5, 0.6) is 0 Å². The number of imidazole rings is 1. The SMILES string of the molecule is CCOC(=O)c1nc(C(F)(F)F)n2c1CN(C(=O)C[C@@H](Cc1cc(F)c(F)cc1F)NC(=O)OC(C)(C)C)CC2. The number of amides is 2. The number of hydrogen-bond acceptors (Lipinski definition) is 6. The van der Waals surface area contributed by atoms with E-state index in [-0.39, 0.29) is 31.0 Å². The largest absolute Gasteiger partial charge is 0.461 e. The molecule has 0 spiro atoms. The van der Waals surface area contributed by atoms with Gasteiger partial charge in [-0.3, -0.25) is 4.79 Å². The summed E-state index contributed by atoms with van der Waals surface area (Å²) in [7, 11) is 0. The molecule has 2 amide bonds. The van der Waals surface area contributed by atoms with Crippen molar-refractivity contribution in [2.75, 3.05) is 13.2 Å². The molecule has 3 rings (SSSR count). The Morgan fingerprint density at radius 3 is 2.30 bits per heavy atom. The monoisotopic (exact) mass is 578 g/mol. The van der Waals surface area contributed by atoms with E-state index >= 15 is 0 Å². The van der Waals surface area contributed by atoms with Gasteiger partial charge < -0.3 is 24.3 Å². The van der Waals surface area contributed by atoms with Crippen molar-refractivity contribution in [1.29, 1.82) is 0 Å². The maximum atomic E-state index is 14.3. The number of esters is 1. The van der Waals surface area contributed by atoms with Crippen molar-refractivity contribution in [3.05, 3.63) is 52.4 Å². The Hall–Kier alpha value is -3.78. The normalized spacial score (nSPS) is 14.4. The average Bonchev–Trinajstić information content (AvgIpc) is 3.21. The Kier molecular flexibility index (Phi) is 9.04. The van der Waals surface area contributed by atoms with Crippen molar-refractivity contribution >= 4 is 18.0 Å². The number of carbonyl (C=O) groups is 3. The summed E-state index contributed by atoms with van der Waals surface area (Å²) in [5.41, 5.74) is -2.03. The zero-order valence-electron chi connectivity index (χ0n) is 22.1. The number of halogens is 6. The Morgan fingerprint density at radius 2 is 1.70 bits per heavy atom. The molecule has 40 heavy (non-hydrogen) atoms. The lowest BCUT2D eigenvalue weighted by Crippen LogP contribution is -2.45. The fourth-order valence-electron chi connectivity index (χ4n) is 4.13. The molecule has 0 fully saturated rings. The molecule has 0 radical (unpaired) electrons. The first-order valence-electron chi connectivity index (χ1n) is 12.2. The van der Waals surface area contributed by atoms with Crippen LogP contribution >= 0.6 is 0 Å². The van der Waals surface area contributed by atoms with Crippen LogP contribution in [-0.2, 0) is 40.0 Å². The summed E-state index contributed by atoms with van der Waals surface area (Å²) < 4.78 is 93.0. The molecule has 0 saturated carbocycles. The lowest BCUT2D eigenvalue weighted by atomic mass is 10.0. The first kappa shape index (κ1) is 30.8. The quantitative estimate of drug-likeness (QED) is 0.298. The second-order valence-corrected chi connectivity index (χ2v) is 10.0. The Bertz CT molecular complexity index is 1290. The minimum absolute atomic E-state index is 0.117. The molecule has 0 aliphatic carbocycles. The summed E-state index contributed by atoms with van der Waals surface area (Å²) in [4.78, 5) is 42.5. The third kappa shape index (κ3) is 7.45. The molecule has 2 aromatic rings. The fraction of sp³-hybridized carbons (Fsp3) is 0.520. The molecule has 2 heterocycles. The summed E-state index contributed by atoms with van der Waals surface area (Å²) in [6, 6.07) is -0.246. The van der Waals surface area contributed by atoms with Gasteiger partial charge in [-0.2, -0.15) is 13.2 Å². The van der Waals surface area contributed by atoms with Gasteiger partial charge in [0.25, 0.3) is 0 Å². The predicted octanol–water partition coefficient (Wildman–Crippen LogP) is 4.36. The number of alkyl carbamates (subject to hydrolysis) is 1. The van der Waals surface area contributed by atoms with E-state index in [1.807, 2.05) is 0 Å². The third-order valence-corrected chi connectivity index (χ3v) is 5.78. The Morgan fingerprint density at radius 1 is 1.05 bits per heavy atom. The number of nitrogens with one attached hydrogen (secondary N) is 1. The van der Waals surface area contributed by atoms with Gasteiger partial charge >= 0.3 is 18.2 Å². The molecule has 1 aromatic carbocycles. The second kappa shape index (κ2) is 11.8. The number of fused-ring (bicyclic) bond motifs is 1. The first-order valence-corrected chi connectivity index (χ1v) is 12.2. The van der Waals surface area contributed by atoms with Gasteiger partial charge in [0.15, 0.2) is 17.3 Å². The molecule has 1 N–H and O–H groups in total. The molecule has 220 valence electrons. The summed E-state index contributed by atoms with van der Waals surface area (Å²) in [5.74, 6) is -6.95.